The van der Waals surface area contributed by atoms with Crippen molar-refractivity contribution in [3.8, 4) is 23.8 Å². The molecule has 0 aliphatic heterocycles. The lowest BCUT2D eigenvalue weighted by atomic mass is 10.2. The van der Waals surface area contributed by atoms with E-state index in [4.69, 9.17) is 20.6 Å². The molecule has 2 rings (SSSR count). The second-order valence-corrected chi connectivity index (χ2v) is 5.11. The van der Waals surface area contributed by atoms with Crippen LogP contribution in [0.4, 0.5) is 5.69 Å². The SMILES string of the molecule is C#CCNc1cc(OC)c2sc(C(=O)OC)cc2c1OC. The molecular weight excluding hydrogens is 290 g/mol. The number of hydrogen-bond donors (Lipinski definition) is 1. The predicted octanol–water partition coefficient (Wildman–Crippen LogP) is 2.75. The van der Waals surface area contributed by atoms with Gasteiger partial charge in [-0.05, 0) is 6.07 Å². The Morgan fingerprint density at radius 2 is 2.10 bits per heavy atom. The van der Waals surface area contributed by atoms with Crippen molar-refractivity contribution in [3.63, 3.8) is 0 Å². The highest BCUT2D eigenvalue weighted by molar-refractivity contribution is 7.21. The van der Waals surface area contributed by atoms with E-state index in [-0.39, 0.29) is 0 Å². The highest BCUT2D eigenvalue weighted by Crippen LogP contribution is 2.44. The summed E-state index contributed by atoms with van der Waals surface area (Å²) in [6.07, 6.45) is 5.27. The first kappa shape index (κ1) is 15.0. The molecule has 0 amide bonds. The number of fused-ring (bicyclic) bond motifs is 1. The van der Waals surface area contributed by atoms with Crippen LogP contribution in [-0.2, 0) is 4.74 Å². The topological polar surface area (TPSA) is 56.8 Å². The maximum absolute atomic E-state index is 11.7. The molecule has 0 saturated carbocycles. The molecule has 5 nitrogen and oxygen atoms in total. The van der Waals surface area contributed by atoms with Crippen molar-refractivity contribution < 1.29 is 19.0 Å². The molecule has 0 aliphatic rings. The minimum atomic E-state index is -0.390. The van der Waals surface area contributed by atoms with Gasteiger partial charge in [-0.2, -0.15) is 0 Å². The van der Waals surface area contributed by atoms with Gasteiger partial charge >= 0.3 is 5.97 Å². The van der Waals surface area contributed by atoms with E-state index in [1.54, 1.807) is 26.4 Å². The van der Waals surface area contributed by atoms with Gasteiger partial charge in [0.05, 0.1) is 38.3 Å². The average Bonchev–Trinajstić information content (AvgIpc) is 2.95. The van der Waals surface area contributed by atoms with Gasteiger partial charge in [0.15, 0.2) is 5.75 Å². The summed E-state index contributed by atoms with van der Waals surface area (Å²) in [5.74, 6) is 3.38. The largest absolute Gasteiger partial charge is 0.495 e. The van der Waals surface area contributed by atoms with Gasteiger partial charge < -0.3 is 19.5 Å². The first-order valence-corrected chi connectivity index (χ1v) is 6.92. The van der Waals surface area contributed by atoms with Crippen molar-refractivity contribution in [3.05, 3.63) is 17.0 Å². The number of terminal acetylenes is 1. The van der Waals surface area contributed by atoms with Gasteiger partial charge in [0.1, 0.15) is 10.6 Å². The van der Waals surface area contributed by atoms with Crippen LogP contribution >= 0.6 is 11.3 Å². The zero-order valence-corrected chi connectivity index (χ0v) is 12.8. The maximum atomic E-state index is 11.7. The first-order valence-electron chi connectivity index (χ1n) is 6.10. The van der Waals surface area contributed by atoms with Crippen LogP contribution in [0.1, 0.15) is 9.67 Å². The van der Waals surface area contributed by atoms with Gasteiger partial charge in [0.2, 0.25) is 0 Å². The number of carbonyl (C=O) groups excluding carboxylic acids is 1. The smallest absolute Gasteiger partial charge is 0.348 e. The van der Waals surface area contributed by atoms with E-state index < -0.39 is 5.97 Å². The predicted molar refractivity (Wildman–Crippen MR) is 83.6 cm³/mol. The molecule has 21 heavy (non-hydrogen) atoms. The summed E-state index contributed by atoms with van der Waals surface area (Å²) >= 11 is 1.30. The summed E-state index contributed by atoms with van der Waals surface area (Å²) in [6.45, 7) is 0.360. The van der Waals surface area contributed by atoms with E-state index in [9.17, 15) is 4.79 Å². The third kappa shape index (κ3) is 2.73. The Balaban J connectivity index is 2.67. The van der Waals surface area contributed by atoms with Gasteiger partial charge in [-0.15, -0.1) is 17.8 Å². The number of rotatable bonds is 5. The number of ether oxygens (including phenoxy) is 3. The third-order valence-electron chi connectivity index (χ3n) is 2.91. The Morgan fingerprint density at radius 1 is 1.33 bits per heavy atom. The summed E-state index contributed by atoms with van der Waals surface area (Å²) in [5, 5.41) is 3.86. The van der Waals surface area contributed by atoms with Crippen molar-refractivity contribution in [2.24, 2.45) is 0 Å². The molecule has 0 radical (unpaired) electrons. The van der Waals surface area contributed by atoms with Crippen LogP contribution < -0.4 is 14.8 Å². The zero-order valence-electron chi connectivity index (χ0n) is 12.0. The van der Waals surface area contributed by atoms with Gasteiger partial charge in [0.25, 0.3) is 0 Å². The van der Waals surface area contributed by atoms with E-state index in [1.165, 1.54) is 18.4 Å². The van der Waals surface area contributed by atoms with Crippen molar-refractivity contribution >= 4 is 33.1 Å². The molecule has 0 unspecified atom stereocenters. The molecular formula is C15H15NO4S. The van der Waals surface area contributed by atoms with Crippen LogP contribution in [0.5, 0.6) is 11.5 Å². The molecule has 0 atom stereocenters. The fourth-order valence-corrected chi connectivity index (χ4v) is 3.07. The molecule has 1 aromatic carbocycles. The fourth-order valence-electron chi connectivity index (χ4n) is 2.00. The third-order valence-corrected chi connectivity index (χ3v) is 4.04. The normalized spacial score (nSPS) is 10.0. The molecule has 0 fully saturated rings. The number of carbonyl (C=O) groups is 1. The number of methoxy groups -OCH3 is 3. The minimum Gasteiger partial charge on any atom is -0.495 e. The number of nitrogens with one attached hydrogen (secondary N) is 1. The Bertz CT molecular complexity index is 715. The van der Waals surface area contributed by atoms with Crippen LogP contribution in [0.2, 0.25) is 0 Å². The molecule has 1 N–H and O–H groups in total. The van der Waals surface area contributed by atoms with E-state index in [0.717, 1.165) is 10.1 Å². The van der Waals surface area contributed by atoms with Crippen LogP contribution in [0.3, 0.4) is 0 Å². The van der Waals surface area contributed by atoms with E-state index >= 15 is 0 Å². The van der Waals surface area contributed by atoms with E-state index in [0.29, 0.717) is 28.6 Å². The standard InChI is InChI=1S/C15H15NO4S/c1-5-6-16-10-8-11(18-2)14-9(13(10)19-3)7-12(21-14)15(17)20-4/h1,7-8,16H,6H2,2-4H3. The van der Waals surface area contributed by atoms with Crippen LogP contribution in [-0.4, -0.2) is 33.8 Å². The van der Waals surface area contributed by atoms with Gasteiger partial charge in [-0.1, -0.05) is 5.92 Å². The first-order chi connectivity index (χ1) is 10.2. The number of anilines is 1. The van der Waals surface area contributed by atoms with E-state index in [2.05, 4.69) is 11.2 Å². The Labute approximate surface area is 126 Å². The lowest BCUT2D eigenvalue weighted by molar-refractivity contribution is 0.0606. The Kier molecular flexibility index (Phi) is 4.55. The van der Waals surface area contributed by atoms with Crippen LogP contribution in [0.25, 0.3) is 10.1 Å². The zero-order chi connectivity index (χ0) is 15.4. The minimum absolute atomic E-state index is 0.360. The quantitative estimate of drug-likeness (QED) is 0.680. The van der Waals surface area contributed by atoms with Crippen LogP contribution in [0.15, 0.2) is 12.1 Å². The van der Waals surface area contributed by atoms with Crippen molar-refractivity contribution in [1.29, 1.82) is 0 Å². The summed E-state index contributed by atoms with van der Waals surface area (Å²) in [7, 11) is 4.49. The summed E-state index contributed by atoms with van der Waals surface area (Å²) < 4.78 is 16.4. The maximum Gasteiger partial charge on any atom is 0.348 e. The van der Waals surface area contributed by atoms with Crippen molar-refractivity contribution in [2.45, 2.75) is 0 Å². The fraction of sp³-hybridized carbons (Fsp3) is 0.267. The summed E-state index contributed by atoms with van der Waals surface area (Å²) in [5.41, 5.74) is 0.717. The summed E-state index contributed by atoms with van der Waals surface area (Å²) in [4.78, 5) is 12.2. The molecule has 1 heterocycles. The second kappa shape index (κ2) is 6.37. The molecule has 0 saturated heterocycles. The molecule has 0 spiro atoms. The number of benzene rings is 1. The number of esters is 1. The number of hydrogen-bond acceptors (Lipinski definition) is 6. The lowest BCUT2D eigenvalue weighted by Gasteiger charge is -2.13. The van der Waals surface area contributed by atoms with E-state index in [1.807, 2.05) is 0 Å². The van der Waals surface area contributed by atoms with Crippen molar-refractivity contribution in [1.82, 2.24) is 0 Å². The highest BCUT2D eigenvalue weighted by atomic mass is 32.1. The lowest BCUT2D eigenvalue weighted by Crippen LogP contribution is -2.01. The number of thiophene rings is 1. The molecule has 2 aromatic rings. The Hall–Kier alpha value is -2.39. The Morgan fingerprint density at radius 3 is 2.67 bits per heavy atom. The highest BCUT2D eigenvalue weighted by Gasteiger charge is 2.19. The van der Waals surface area contributed by atoms with Crippen molar-refractivity contribution in [2.75, 3.05) is 33.2 Å². The van der Waals surface area contributed by atoms with Crippen LogP contribution in [0, 0.1) is 12.3 Å². The molecule has 0 bridgehead atoms. The molecule has 110 valence electrons. The summed E-state index contributed by atoms with van der Waals surface area (Å²) in [6, 6.07) is 3.53. The molecule has 0 aliphatic carbocycles. The van der Waals surface area contributed by atoms with Gasteiger partial charge in [-0.3, -0.25) is 0 Å². The molecule has 6 heteroatoms. The average molecular weight is 305 g/mol. The second-order valence-electron chi connectivity index (χ2n) is 4.06. The van der Waals surface area contributed by atoms with Gasteiger partial charge in [-0.25, -0.2) is 4.79 Å². The monoisotopic (exact) mass is 305 g/mol. The van der Waals surface area contributed by atoms with Gasteiger partial charge in [0, 0.05) is 11.5 Å². The molecule has 1 aromatic heterocycles.